The maximum atomic E-state index is 2.47. The van der Waals surface area contributed by atoms with Gasteiger partial charge in [-0.2, -0.15) is 0 Å². The molecule has 0 heterocycles. The molecule has 1 unspecified atom stereocenters. The van der Waals surface area contributed by atoms with Crippen LogP contribution >= 0.6 is 0 Å². The van der Waals surface area contributed by atoms with E-state index in [9.17, 15) is 0 Å². The fraction of sp³-hybridized carbons (Fsp3) is 0.600. The van der Waals surface area contributed by atoms with Crippen LogP contribution in [-0.4, -0.2) is 0 Å². The topological polar surface area (TPSA) is 0 Å². The smallest absolute Gasteiger partial charge is 0.0159 e. The number of hydrogen-bond acceptors (Lipinski definition) is 0. The Labute approximate surface area is 125 Å². The SMILES string of the molecule is CCC=C(c1ccc(C(C)CC)cc1)C1CCCCC1. The predicted molar refractivity (Wildman–Crippen MR) is 90.0 cm³/mol. The van der Waals surface area contributed by atoms with E-state index in [1.807, 2.05) is 0 Å². The fourth-order valence-corrected chi connectivity index (χ4v) is 3.39. The van der Waals surface area contributed by atoms with Crippen molar-refractivity contribution in [2.75, 3.05) is 0 Å². The lowest BCUT2D eigenvalue weighted by atomic mass is 9.80. The van der Waals surface area contributed by atoms with Gasteiger partial charge in [-0.25, -0.2) is 0 Å². The lowest BCUT2D eigenvalue weighted by Crippen LogP contribution is -2.08. The standard InChI is InChI=1S/C20H30/c1-4-9-20(18-10-7-6-8-11-18)19-14-12-17(13-15-19)16(3)5-2/h9,12-16,18H,4-8,10-11H2,1-3H3. The molecule has 0 aromatic heterocycles. The summed E-state index contributed by atoms with van der Waals surface area (Å²) in [5, 5.41) is 0. The van der Waals surface area contributed by atoms with E-state index in [1.165, 1.54) is 49.7 Å². The summed E-state index contributed by atoms with van der Waals surface area (Å²) in [6, 6.07) is 9.40. The quantitative estimate of drug-likeness (QED) is 0.567. The molecule has 20 heavy (non-hydrogen) atoms. The van der Waals surface area contributed by atoms with Crippen molar-refractivity contribution in [2.45, 2.75) is 71.6 Å². The third-order valence-corrected chi connectivity index (χ3v) is 4.89. The Morgan fingerprint density at radius 3 is 2.30 bits per heavy atom. The normalized spacial score (nSPS) is 19.1. The third kappa shape index (κ3) is 3.75. The van der Waals surface area contributed by atoms with Gasteiger partial charge < -0.3 is 0 Å². The zero-order valence-corrected chi connectivity index (χ0v) is 13.5. The first-order chi connectivity index (χ1) is 9.76. The summed E-state index contributed by atoms with van der Waals surface area (Å²) in [6.45, 7) is 6.85. The Hall–Kier alpha value is -1.04. The zero-order valence-electron chi connectivity index (χ0n) is 13.5. The minimum Gasteiger partial charge on any atom is -0.0807 e. The minimum atomic E-state index is 0.678. The Balaban J connectivity index is 2.19. The van der Waals surface area contributed by atoms with Gasteiger partial charge in [-0.15, -0.1) is 0 Å². The summed E-state index contributed by atoms with van der Waals surface area (Å²) in [5.74, 6) is 1.48. The van der Waals surface area contributed by atoms with Crippen molar-refractivity contribution >= 4 is 5.57 Å². The average molecular weight is 270 g/mol. The molecule has 0 aliphatic heterocycles. The molecule has 0 amide bonds. The zero-order chi connectivity index (χ0) is 14.4. The Morgan fingerprint density at radius 1 is 1.10 bits per heavy atom. The van der Waals surface area contributed by atoms with Crippen LogP contribution in [-0.2, 0) is 0 Å². The average Bonchev–Trinajstić information content (AvgIpc) is 2.53. The van der Waals surface area contributed by atoms with Crippen molar-refractivity contribution < 1.29 is 0 Å². The molecule has 1 aromatic rings. The van der Waals surface area contributed by atoms with Gasteiger partial charge in [0.05, 0.1) is 0 Å². The first-order valence-corrected chi connectivity index (χ1v) is 8.56. The third-order valence-electron chi connectivity index (χ3n) is 4.89. The summed E-state index contributed by atoms with van der Waals surface area (Å²) < 4.78 is 0. The molecule has 0 N–H and O–H groups in total. The maximum absolute atomic E-state index is 2.47. The highest BCUT2D eigenvalue weighted by Gasteiger charge is 2.18. The van der Waals surface area contributed by atoms with Gasteiger partial charge in [0.15, 0.2) is 0 Å². The predicted octanol–water partition coefficient (Wildman–Crippen LogP) is 6.57. The van der Waals surface area contributed by atoms with E-state index in [2.05, 4.69) is 51.1 Å². The lowest BCUT2D eigenvalue weighted by Gasteiger charge is -2.25. The van der Waals surface area contributed by atoms with E-state index >= 15 is 0 Å². The molecule has 2 rings (SSSR count). The first-order valence-electron chi connectivity index (χ1n) is 8.56. The molecule has 0 spiro atoms. The Kier molecular flexibility index (Phi) is 5.88. The van der Waals surface area contributed by atoms with Crippen LogP contribution in [0.15, 0.2) is 30.3 Å². The van der Waals surface area contributed by atoms with Gasteiger partial charge in [0.1, 0.15) is 0 Å². The first kappa shape index (κ1) is 15.4. The second-order valence-corrected chi connectivity index (χ2v) is 6.33. The molecule has 0 bridgehead atoms. The molecule has 1 fully saturated rings. The molecule has 1 saturated carbocycles. The fourth-order valence-electron chi connectivity index (χ4n) is 3.39. The summed E-state index contributed by atoms with van der Waals surface area (Å²) in [7, 11) is 0. The summed E-state index contributed by atoms with van der Waals surface area (Å²) >= 11 is 0. The van der Waals surface area contributed by atoms with E-state index in [1.54, 1.807) is 5.57 Å². The van der Waals surface area contributed by atoms with Crippen molar-refractivity contribution in [1.82, 2.24) is 0 Å². The Bertz CT molecular complexity index is 418. The summed E-state index contributed by atoms with van der Waals surface area (Å²) in [5.41, 5.74) is 4.56. The second-order valence-electron chi connectivity index (χ2n) is 6.33. The van der Waals surface area contributed by atoms with Crippen LogP contribution in [0.5, 0.6) is 0 Å². The van der Waals surface area contributed by atoms with Crippen molar-refractivity contribution in [2.24, 2.45) is 5.92 Å². The lowest BCUT2D eigenvalue weighted by molar-refractivity contribution is 0.429. The Morgan fingerprint density at radius 2 is 1.75 bits per heavy atom. The van der Waals surface area contributed by atoms with Gasteiger partial charge in [0, 0.05) is 0 Å². The molecular formula is C20H30. The minimum absolute atomic E-state index is 0.678. The van der Waals surface area contributed by atoms with Crippen LogP contribution in [0.4, 0.5) is 0 Å². The highest BCUT2D eigenvalue weighted by atomic mass is 14.2. The maximum Gasteiger partial charge on any atom is -0.0159 e. The summed E-state index contributed by atoms with van der Waals surface area (Å²) in [4.78, 5) is 0. The molecule has 1 aliphatic rings. The largest absolute Gasteiger partial charge is 0.0807 e. The summed E-state index contributed by atoms with van der Waals surface area (Å²) in [6.07, 6.45) is 11.9. The highest BCUT2D eigenvalue weighted by molar-refractivity contribution is 5.67. The monoisotopic (exact) mass is 270 g/mol. The van der Waals surface area contributed by atoms with Gasteiger partial charge in [0.25, 0.3) is 0 Å². The van der Waals surface area contributed by atoms with Crippen LogP contribution in [0.1, 0.15) is 82.8 Å². The van der Waals surface area contributed by atoms with Crippen molar-refractivity contribution in [3.8, 4) is 0 Å². The molecule has 1 aromatic carbocycles. The van der Waals surface area contributed by atoms with E-state index in [0.29, 0.717) is 5.92 Å². The molecule has 1 atom stereocenters. The number of hydrogen-bond donors (Lipinski definition) is 0. The van der Waals surface area contributed by atoms with E-state index in [-0.39, 0.29) is 0 Å². The van der Waals surface area contributed by atoms with Crippen molar-refractivity contribution in [3.05, 3.63) is 41.5 Å². The molecule has 110 valence electrons. The van der Waals surface area contributed by atoms with Gasteiger partial charge in [-0.3, -0.25) is 0 Å². The van der Waals surface area contributed by atoms with E-state index < -0.39 is 0 Å². The molecule has 0 radical (unpaired) electrons. The molecular weight excluding hydrogens is 240 g/mol. The van der Waals surface area contributed by atoms with E-state index in [4.69, 9.17) is 0 Å². The molecule has 0 heteroatoms. The van der Waals surface area contributed by atoms with Crippen molar-refractivity contribution in [3.63, 3.8) is 0 Å². The van der Waals surface area contributed by atoms with Gasteiger partial charge in [-0.05, 0) is 54.2 Å². The second kappa shape index (κ2) is 7.67. The highest BCUT2D eigenvalue weighted by Crippen LogP contribution is 2.36. The molecule has 1 aliphatic carbocycles. The van der Waals surface area contributed by atoms with Crippen LogP contribution in [0.25, 0.3) is 5.57 Å². The van der Waals surface area contributed by atoms with Crippen LogP contribution < -0.4 is 0 Å². The van der Waals surface area contributed by atoms with Crippen LogP contribution in [0, 0.1) is 5.92 Å². The molecule has 0 saturated heterocycles. The molecule has 0 nitrogen and oxygen atoms in total. The van der Waals surface area contributed by atoms with Gasteiger partial charge in [-0.1, -0.05) is 70.4 Å². The van der Waals surface area contributed by atoms with Gasteiger partial charge in [0.2, 0.25) is 0 Å². The van der Waals surface area contributed by atoms with Gasteiger partial charge >= 0.3 is 0 Å². The van der Waals surface area contributed by atoms with Crippen molar-refractivity contribution in [1.29, 1.82) is 0 Å². The van der Waals surface area contributed by atoms with Crippen LogP contribution in [0.2, 0.25) is 0 Å². The number of rotatable bonds is 5. The van der Waals surface area contributed by atoms with Crippen LogP contribution in [0.3, 0.4) is 0 Å². The number of benzene rings is 1. The van der Waals surface area contributed by atoms with E-state index in [0.717, 1.165) is 12.3 Å². The number of allylic oxidation sites excluding steroid dienone is 2.